The van der Waals surface area contributed by atoms with Crippen molar-refractivity contribution in [3.05, 3.63) is 84.7 Å². The third-order valence-electron chi connectivity index (χ3n) is 5.70. The van der Waals surface area contributed by atoms with E-state index in [2.05, 4.69) is 10.3 Å². The van der Waals surface area contributed by atoms with E-state index >= 15 is 0 Å². The molecule has 2 aromatic carbocycles. The maximum Gasteiger partial charge on any atom is 0.260 e. The fourth-order valence-corrected chi connectivity index (χ4v) is 4.03. The normalized spacial score (nSPS) is 17.9. The summed E-state index contributed by atoms with van der Waals surface area (Å²) in [5, 5.41) is 2.72. The number of nitrogens with one attached hydrogen (secondary N) is 1. The molecule has 4 rings (SSSR count). The number of hydrogen-bond acceptors (Lipinski definition) is 5. The van der Waals surface area contributed by atoms with Crippen LogP contribution in [0.1, 0.15) is 5.56 Å². The number of pyridine rings is 1. The summed E-state index contributed by atoms with van der Waals surface area (Å²) in [5.74, 6) is 0.194. The summed E-state index contributed by atoms with van der Waals surface area (Å²) in [4.78, 5) is 31.7. The molecule has 1 saturated heterocycles. The highest BCUT2D eigenvalue weighted by Gasteiger charge is 2.44. The summed E-state index contributed by atoms with van der Waals surface area (Å²) in [6.07, 6.45) is 3.87. The Hall–Kier alpha value is -3.71. The lowest BCUT2D eigenvalue weighted by atomic mass is 9.90. The van der Waals surface area contributed by atoms with Gasteiger partial charge in [-0.3, -0.25) is 14.6 Å². The van der Waals surface area contributed by atoms with E-state index in [1.54, 1.807) is 36.5 Å². The van der Waals surface area contributed by atoms with Crippen molar-refractivity contribution in [3.63, 3.8) is 0 Å². The second kappa shape index (κ2) is 10.3. The van der Waals surface area contributed by atoms with Gasteiger partial charge in [0.25, 0.3) is 11.8 Å². The Kier molecular flexibility index (Phi) is 7.00. The zero-order chi connectivity index (χ0) is 23.1. The minimum Gasteiger partial charge on any atom is -0.484 e. The highest BCUT2D eigenvalue weighted by molar-refractivity contribution is 5.87. The van der Waals surface area contributed by atoms with E-state index in [-0.39, 0.29) is 31.6 Å². The third-order valence-corrected chi connectivity index (χ3v) is 5.70. The molecule has 2 heterocycles. The molecule has 1 fully saturated rings. The van der Waals surface area contributed by atoms with Crippen molar-refractivity contribution < 1.29 is 19.1 Å². The number of carbonyl (C=O) groups excluding carboxylic acids is 2. The van der Waals surface area contributed by atoms with Gasteiger partial charge in [-0.15, -0.1) is 0 Å². The van der Waals surface area contributed by atoms with Crippen LogP contribution in [0.4, 0.5) is 0 Å². The number of para-hydroxylation sites is 1. The van der Waals surface area contributed by atoms with Gasteiger partial charge >= 0.3 is 0 Å². The number of morpholine rings is 1. The molecule has 0 saturated carbocycles. The number of aromatic nitrogens is 1. The quantitative estimate of drug-likeness (QED) is 0.605. The molecule has 0 radical (unpaired) electrons. The Morgan fingerprint density at radius 2 is 1.91 bits per heavy atom. The van der Waals surface area contributed by atoms with Gasteiger partial charge < -0.3 is 19.7 Å². The number of benzene rings is 2. The topological polar surface area (TPSA) is 80.8 Å². The van der Waals surface area contributed by atoms with E-state index in [1.165, 1.54) is 0 Å². The molecule has 170 valence electrons. The van der Waals surface area contributed by atoms with Crippen molar-refractivity contribution in [2.24, 2.45) is 0 Å². The monoisotopic (exact) mass is 445 g/mol. The molecule has 2 amide bonds. The molecule has 0 spiro atoms. The summed E-state index contributed by atoms with van der Waals surface area (Å²) in [6.45, 7) is 0.739. The maximum atomic E-state index is 13.0. The van der Waals surface area contributed by atoms with Crippen molar-refractivity contribution in [3.8, 4) is 16.9 Å². The van der Waals surface area contributed by atoms with E-state index in [4.69, 9.17) is 9.47 Å². The molecular weight excluding hydrogens is 418 g/mol. The highest BCUT2D eigenvalue weighted by atomic mass is 16.5. The van der Waals surface area contributed by atoms with Crippen molar-refractivity contribution in [1.29, 1.82) is 0 Å². The zero-order valence-electron chi connectivity index (χ0n) is 18.6. The smallest absolute Gasteiger partial charge is 0.260 e. The molecule has 7 nitrogen and oxygen atoms in total. The van der Waals surface area contributed by atoms with Crippen LogP contribution in [-0.2, 0) is 20.7 Å². The first kappa shape index (κ1) is 22.5. The zero-order valence-corrected chi connectivity index (χ0v) is 18.6. The Bertz CT molecular complexity index is 1090. The Morgan fingerprint density at radius 1 is 1.09 bits per heavy atom. The van der Waals surface area contributed by atoms with Crippen LogP contribution >= 0.6 is 0 Å². The average Bonchev–Trinajstić information content (AvgIpc) is 2.88. The van der Waals surface area contributed by atoms with Crippen LogP contribution < -0.4 is 10.1 Å². The number of nitrogens with zero attached hydrogens (tertiary/aromatic N) is 2. The van der Waals surface area contributed by atoms with Gasteiger partial charge in [0.05, 0.1) is 13.2 Å². The SMILES string of the molecule is CNC(=O)[C@]1(Cc2cccc(-c3cccnc3)c2)CN(C(=O)COc2ccccc2)CCO1. The van der Waals surface area contributed by atoms with Gasteiger partial charge in [-0.2, -0.15) is 0 Å². The van der Waals surface area contributed by atoms with Crippen LogP contribution in [0.2, 0.25) is 0 Å². The molecule has 1 aliphatic heterocycles. The number of ether oxygens (including phenoxy) is 2. The number of likely N-dealkylation sites (N-methyl/N-ethyl adjacent to an activating group) is 1. The minimum atomic E-state index is -1.18. The van der Waals surface area contributed by atoms with E-state index < -0.39 is 5.60 Å². The van der Waals surface area contributed by atoms with Crippen LogP contribution in [0.5, 0.6) is 5.75 Å². The van der Waals surface area contributed by atoms with Crippen LogP contribution in [0.25, 0.3) is 11.1 Å². The lowest BCUT2D eigenvalue weighted by Crippen LogP contribution is -2.62. The van der Waals surface area contributed by atoms with Gasteiger partial charge in [-0.25, -0.2) is 0 Å². The standard InChI is InChI=1S/C26H27N3O4/c1-27-25(31)26(16-20-7-5-8-21(15-20)22-9-6-12-28-17-22)19-29(13-14-33-26)24(30)18-32-23-10-3-2-4-11-23/h2-12,15,17H,13-14,16,18-19H2,1H3,(H,27,31)/t26-/m0/s1. The molecule has 1 aliphatic rings. The second-order valence-electron chi connectivity index (χ2n) is 7.96. The summed E-state index contributed by atoms with van der Waals surface area (Å²) >= 11 is 0. The number of rotatable bonds is 7. The summed E-state index contributed by atoms with van der Waals surface area (Å²) < 4.78 is 11.7. The van der Waals surface area contributed by atoms with E-state index in [0.717, 1.165) is 16.7 Å². The third kappa shape index (κ3) is 5.38. The highest BCUT2D eigenvalue weighted by Crippen LogP contribution is 2.27. The number of amides is 2. The Labute approximate surface area is 193 Å². The van der Waals surface area contributed by atoms with E-state index in [0.29, 0.717) is 18.7 Å². The van der Waals surface area contributed by atoms with E-state index in [1.807, 2.05) is 54.6 Å². The van der Waals surface area contributed by atoms with Crippen molar-refractivity contribution in [2.75, 3.05) is 33.4 Å². The van der Waals surface area contributed by atoms with Crippen LogP contribution in [-0.4, -0.2) is 60.7 Å². The fraction of sp³-hybridized carbons (Fsp3) is 0.269. The number of carbonyl (C=O) groups is 2. The van der Waals surface area contributed by atoms with E-state index in [9.17, 15) is 9.59 Å². The molecule has 3 aromatic rings. The van der Waals surface area contributed by atoms with Crippen LogP contribution in [0, 0.1) is 0 Å². The van der Waals surface area contributed by atoms with Crippen LogP contribution in [0.15, 0.2) is 79.1 Å². The minimum absolute atomic E-state index is 0.0929. The van der Waals surface area contributed by atoms with Gasteiger partial charge in [0.2, 0.25) is 0 Å². The molecule has 0 aliphatic carbocycles. The summed E-state index contributed by atoms with van der Waals surface area (Å²) in [5.41, 5.74) is 1.76. The van der Waals surface area contributed by atoms with Crippen molar-refractivity contribution in [1.82, 2.24) is 15.2 Å². The largest absolute Gasteiger partial charge is 0.484 e. The molecule has 1 N–H and O–H groups in total. The predicted octanol–water partition coefficient (Wildman–Crippen LogP) is 2.71. The maximum absolute atomic E-state index is 13.0. The van der Waals surface area contributed by atoms with Crippen LogP contribution in [0.3, 0.4) is 0 Å². The first-order chi connectivity index (χ1) is 16.1. The molecule has 1 atom stereocenters. The average molecular weight is 446 g/mol. The molecular formula is C26H27N3O4. The number of hydrogen-bond donors (Lipinski definition) is 1. The first-order valence-electron chi connectivity index (χ1n) is 10.9. The van der Waals surface area contributed by atoms with Gasteiger partial charge in [-0.05, 0) is 34.9 Å². The van der Waals surface area contributed by atoms with Gasteiger partial charge in [0, 0.05) is 32.4 Å². The Morgan fingerprint density at radius 3 is 2.67 bits per heavy atom. The lowest BCUT2D eigenvalue weighted by molar-refractivity contribution is -0.166. The molecule has 0 bridgehead atoms. The predicted molar refractivity (Wildman–Crippen MR) is 125 cm³/mol. The van der Waals surface area contributed by atoms with Gasteiger partial charge in [0.15, 0.2) is 12.2 Å². The Balaban J connectivity index is 1.51. The molecule has 1 aromatic heterocycles. The molecule has 7 heteroatoms. The van der Waals surface area contributed by atoms with Gasteiger partial charge in [-0.1, -0.05) is 48.5 Å². The summed E-state index contributed by atoms with van der Waals surface area (Å²) in [7, 11) is 1.58. The molecule has 33 heavy (non-hydrogen) atoms. The second-order valence-corrected chi connectivity index (χ2v) is 7.96. The summed E-state index contributed by atoms with van der Waals surface area (Å²) in [6, 6.07) is 21.0. The van der Waals surface area contributed by atoms with Gasteiger partial charge in [0.1, 0.15) is 5.75 Å². The fourth-order valence-electron chi connectivity index (χ4n) is 4.03. The van der Waals surface area contributed by atoms with Crippen molar-refractivity contribution >= 4 is 11.8 Å². The first-order valence-corrected chi connectivity index (χ1v) is 10.9. The lowest BCUT2D eigenvalue weighted by Gasteiger charge is -2.41. The van der Waals surface area contributed by atoms with Crippen molar-refractivity contribution in [2.45, 2.75) is 12.0 Å². The molecule has 0 unspecified atom stereocenters.